The Morgan fingerprint density at radius 2 is 1.23 bits per heavy atom. The lowest BCUT2D eigenvalue weighted by Crippen LogP contribution is -1.94. The Morgan fingerprint density at radius 3 is 2.14 bits per heavy atom. The lowest BCUT2D eigenvalue weighted by molar-refractivity contribution is 0.616. The zero-order valence-corrected chi connectivity index (χ0v) is 22.9. The van der Waals surface area contributed by atoms with Gasteiger partial charge in [0, 0.05) is 21.5 Å². The van der Waals surface area contributed by atoms with Crippen molar-refractivity contribution in [3.8, 4) is 17.1 Å². The van der Waals surface area contributed by atoms with Gasteiger partial charge in [-0.15, -0.1) is 0 Å². The van der Waals surface area contributed by atoms with E-state index in [0.717, 1.165) is 66.1 Å². The number of hydrogen-bond donors (Lipinski definition) is 0. The summed E-state index contributed by atoms with van der Waals surface area (Å²) < 4.78 is 15.7. The fourth-order valence-corrected chi connectivity index (χ4v) is 6.95. The summed E-state index contributed by atoms with van der Waals surface area (Å²) in [6.07, 6.45) is 0. The predicted molar refractivity (Wildman–Crippen MR) is 176 cm³/mol. The van der Waals surface area contributed by atoms with Crippen molar-refractivity contribution in [3.05, 3.63) is 133 Å². The quantitative estimate of drug-likeness (QED) is 0.215. The largest absolute Gasteiger partial charge is 0.453 e. The number of hydrogen-bond acceptors (Lipinski definition) is 3. The van der Waals surface area contributed by atoms with E-state index in [4.69, 9.17) is 13.8 Å². The highest BCUT2D eigenvalue weighted by molar-refractivity contribution is 6.23. The van der Waals surface area contributed by atoms with Gasteiger partial charge in [-0.3, -0.25) is 0 Å². The van der Waals surface area contributed by atoms with Crippen LogP contribution in [0.15, 0.2) is 142 Å². The van der Waals surface area contributed by atoms with E-state index >= 15 is 0 Å². The van der Waals surface area contributed by atoms with Gasteiger partial charge in [0.25, 0.3) is 0 Å². The van der Waals surface area contributed by atoms with Gasteiger partial charge in [0.2, 0.25) is 5.89 Å². The molecule has 7 aromatic carbocycles. The number of benzene rings is 7. The third kappa shape index (κ3) is 3.07. The molecule has 0 radical (unpaired) electrons. The first kappa shape index (κ1) is 22.8. The molecule has 0 saturated heterocycles. The lowest BCUT2D eigenvalue weighted by atomic mass is 10.00. The van der Waals surface area contributed by atoms with E-state index in [2.05, 4.69) is 114 Å². The summed E-state index contributed by atoms with van der Waals surface area (Å²) in [6, 6.07) is 46.6. The second-order valence-electron chi connectivity index (χ2n) is 11.1. The molecule has 3 aromatic heterocycles. The molecule has 0 spiro atoms. The summed E-state index contributed by atoms with van der Waals surface area (Å²) in [6.45, 7) is 0. The molecule has 10 rings (SSSR count). The number of para-hydroxylation sites is 4. The first-order chi connectivity index (χ1) is 21.3. The molecule has 0 aliphatic heterocycles. The fraction of sp³-hybridized carbons (Fsp3) is 0. The van der Waals surface area contributed by atoms with Crippen molar-refractivity contribution in [2.45, 2.75) is 0 Å². The summed E-state index contributed by atoms with van der Waals surface area (Å²) >= 11 is 0. The van der Waals surface area contributed by atoms with Crippen LogP contribution in [-0.2, 0) is 0 Å². The first-order valence-corrected chi connectivity index (χ1v) is 14.5. The minimum atomic E-state index is 0.562. The highest BCUT2D eigenvalue weighted by Gasteiger charge is 2.23. The van der Waals surface area contributed by atoms with Gasteiger partial charge in [-0.1, -0.05) is 97.1 Å². The van der Waals surface area contributed by atoms with Crippen LogP contribution in [0.25, 0.3) is 93.5 Å². The van der Waals surface area contributed by atoms with Crippen LogP contribution in [0.5, 0.6) is 0 Å². The van der Waals surface area contributed by atoms with Crippen LogP contribution in [-0.4, -0.2) is 9.55 Å². The Hall–Kier alpha value is -5.87. The van der Waals surface area contributed by atoms with Gasteiger partial charge >= 0.3 is 0 Å². The van der Waals surface area contributed by atoms with Crippen molar-refractivity contribution in [3.63, 3.8) is 0 Å². The molecule has 0 N–H and O–H groups in total. The minimum absolute atomic E-state index is 0.562. The molecule has 0 fully saturated rings. The zero-order chi connectivity index (χ0) is 28.1. The average Bonchev–Trinajstić information content (AvgIpc) is 3.75. The highest BCUT2D eigenvalue weighted by atomic mass is 16.4. The van der Waals surface area contributed by atoms with Crippen LogP contribution in [0.2, 0.25) is 0 Å². The molecule has 0 bridgehead atoms. The van der Waals surface area contributed by atoms with Gasteiger partial charge in [0.15, 0.2) is 11.2 Å². The third-order valence-corrected chi connectivity index (χ3v) is 8.80. The number of aromatic nitrogens is 2. The Balaban J connectivity index is 1.36. The van der Waals surface area contributed by atoms with Crippen LogP contribution >= 0.6 is 0 Å². The van der Waals surface area contributed by atoms with Gasteiger partial charge in [0.1, 0.15) is 11.1 Å². The normalized spacial score (nSPS) is 12.2. The standard InChI is InChI=1S/C39H22N2O2/c1-3-12-25-23(10-1)20-21-32-35(25)28-14-5-7-17-31(28)41(32)33-18-9-15-27-29-22-24-11-2-4-13-26(24)36(38(29)43-37(27)33)39-40-30-16-6-8-19-34(30)42-39/h1-22H. The highest BCUT2D eigenvalue weighted by Crippen LogP contribution is 2.44. The van der Waals surface area contributed by atoms with Gasteiger partial charge in [-0.25, -0.2) is 4.98 Å². The van der Waals surface area contributed by atoms with E-state index in [1.165, 1.54) is 21.5 Å². The molecular formula is C39H22N2O2. The van der Waals surface area contributed by atoms with E-state index in [0.29, 0.717) is 5.89 Å². The Labute approximate surface area is 245 Å². The Bertz CT molecular complexity index is 2710. The van der Waals surface area contributed by atoms with Crippen molar-refractivity contribution in [2.24, 2.45) is 0 Å². The molecule has 0 atom stereocenters. The molecule has 4 heteroatoms. The SMILES string of the molecule is c1ccc2c(-c3nc4ccccc4o3)c3oc4c(-n5c6ccccc6c6c7ccccc7ccc65)cccc4c3cc2c1. The molecule has 0 saturated carbocycles. The van der Waals surface area contributed by atoms with Gasteiger partial charge < -0.3 is 13.4 Å². The summed E-state index contributed by atoms with van der Waals surface area (Å²) in [5.74, 6) is 0.562. The molecule has 200 valence electrons. The number of oxazole rings is 1. The second-order valence-corrected chi connectivity index (χ2v) is 11.1. The van der Waals surface area contributed by atoms with Gasteiger partial charge in [0.05, 0.1) is 22.3 Å². The van der Waals surface area contributed by atoms with Crippen LogP contribution in [0, 0.1) is 0 Å². The maximum Gasteiger partial charge on any atom is 0.231 e. The molecule has 0 aliphatic rings. The summed E-state index contributed by atoms with van der Waals surface area (Å²) in [7, 11) is 0. The number of furan rings is 1. The topological polar surface area (TPSA) is 44.1 Å². The first-order valence-electron chi connectivity index (χ1n) is 14.5. The van der Waals surface area contributed by atoms with Gasteiger partial charge in [-0.05, 0) is 57.9 Å². The molecule has 10 aromatic rings. The molecule has 0 aliphatic carbocycles. The number of fused-ring (bicyclic) bond motifs is 10. The van der Waals surface area contributed by atoms with Crippen molar-refractivity contribution >= 4 is 76.4 Å². The zero-order valence-electron chi connectivity index (χ0n) is 22.9. The van der Waals surface area contributed by atoms with E-state index in [1.54, 1.807) is 0 Å². The molecule has 4 nitrogen and oxygen atoms in total. The Morgan fingerprint density at radius 1 is 0.488 bits per heavy atom. The summed E-state index contributed by atoms with van der Waals surface area (Å²) in [4.78, 5) is 4.90. The van der Waals surface area contributed by atoms with E-state index in [1.807, 2.05) is 24.3 Å². The van der Waals surface area contributed by atoms with E-state index in [9.17, 15) is 0 Å². The maximum atomic E-state index is 6.96. The van der Waals surface area contributed by atoms with Gasteiger partial charge in [-0.2, -0.15) is 0 Å². The van der Waals surface area contributed by atoms with E-state index in [-0.39, 0.29) is 0 Å². The molecule has 0 unspecified atom stereocenters. The summed E-state index contributed by atoms with van der Waals surface area (Å²) in [5.41, 5.74) is 7.37. The van der Waals surface area contributed by atoms with Crippen molar-refractivity contribution < 1.29 is 8.83 Å². The minimum Gasteiger partial charge on any atom is -0.453 e. The predicted octanol–water partition coefficient (Wildman–Crippen LogP) is 10.8. The van der Waals surface area contributed by atoms with Crippen LogP contribution in [0.1, 0.15) is 0 Å². The molecular weight excluding hydrogens is 528 g/mol. The number of nitrogens with zero attached hydrogens (tertiary/aromatic N) is 2. The lowest BCUT2D eigenvalue weighted by Gasteiger charge is -2.09. The summed E-state index contributed by atoms with van der Waals surface area (Å²) in [5, 5.41) is 9.21. The molecule has 0 amide bonds. The van der Waals surface area contributed by atoms with Crippen molar-refractivity contribution in [2.75, 3.05) is 0 Å². The van der Waals surface area contributed by atoms with Crippen molar-refractivity contribution in [1.82, 2.24) is 9.55 Å². The second kappa shape index (κ2) is 8.34. The van der Waals surface area contributed by atoms with Crippen molar-refractivity contribution in [1.29, 1.82) is 0 Å². The molecule has 3 heterocycles. The molecule has 43 heavy (non-hydrogen) atoms. The Kier molecular flexibility index (Phi) is 4.42. The van der Waals surface area contributed by atoms with Crippen LogP contribution < -0.4 is 0 Å². The number of rotatable bonds is 2. The average molecular weight is 551 g/mol. The monoisotopic (exact) mass is 550 g/mol. The van der Waals surface area contributed by atoms with Crippen LogP contribution in [0.3, 0.4) is 0 Å². The van der Waals surface area contributed by atoms with Crippen LogP contribution in [0.4, 0.5) is 0 Å². The smallest absolute Gasteiger partial charge is 0.231 e. The van der Waals surface area contributed by atoms with E-state index < -0.39 is 0 Å². The fourth-order valence-electron chi connectivity index (χ4n) is 6.95. The maximum absolute atomic E-state index is 6.96. The third-order valence-electron chi connectivity index (χ3n) is 8.80.